The van der Waals surface area contributed by atoms with Crippen LogP contribution in [0.2, 0.25) is 0 Å². The van der Waals surface area contributed by atoms with Crippen molar-refractivity contribution >= 4 is 11.8 Å². The highest BCUT2D eigenvalue weighted by molar-refractivity contribution is 5.86. The quantitative estimate of drug-likeness (QED) is 0.906. The number of amides is 2. The van der Waals surface area contributed by atoms with E-state index in [4.69, 9.17) is 10.5 Å². The fraction of sp³-hybridized carbons (Fsp3) is 0.600. The van der Waals surface area contributed by atoms with E-state index in [0.717, 1.165) is 19.3 Å². The Morgan fingerprint density at radius 2 is 2.04 bits per heavy atom. The van der Waals surface area contributed by atoms with Gasteiger partial charge in [-0.1, -0.05) is 36.8 Å². The van der Waals surface area contributed by atoms with E-state index in [1.807, 2.05) is 23.1 Å². The maximum atomic E-state index is 13.6. The first kappa shape index (κ1) is 16.6. The molecule has 2 aliphatic carbocycles. The normalized spacial score (nSPS) is 34.2. The van der Waals surface area contributed by atoms with Crippen molar-refractivity contribution in [3.8, 4) is 0 Å². The highest BCUT2D eigenvalue weighted by atomic mass is 16.5. The van der Waals surface area contributed by atoms with E-state index < -0.39 is 12.0 Å². The van der Waals surface area contributed by atoms with Crippen LogP contribution in [0.3, 0.4) is 0 Å². The molecule has 2 amide bonds. The molecule has 0 radical (unpaired) electrons. The minimum absolute atomic E-state index is 0.207. The summed E-state index contributed by atoms with van der Waals surface area (Å²) in [6.07, 6.45) is 4.66. The third-order valence-corrected chi connectivity index (χ3v) is 6.43. The summed E-state index contributed by atoms with van der Waals surface area (Å²) in [5.74, 6) is 0.853. The fourth-order valence-electron chi connectivity index (χ4n) is 5.28. The highest BCUT2D eigenvalue weighted by Crippen LogP contribution is 2.58. The number of rotatable bonds is 4. The van der Waals surface area contributed by atoms with Crippen LogP contribution in [0, 0.1) is 17.3 Å². The Morgan fingerprint density at radius 3 is 2.68 bits per heavy atom. The number of nitrogens with two attached hydrogens (primary N) is 1. The summed E-state index contributed by atoms with van der Waals surface area (Å²) in [7, 11) is 0. The molecule has 5 heteroatoms. The lowest BCUT2D eigenvalue weighted by molar-refractivity contribution is -0.156. The number of hydrogen-bond donors (Lipinski definition) is 1. The van der Waals surface area contributed by atoms with Crippen molar-refractivity contribution < 1.29 is 14.3 Å². The Morgan fingerprint density at radius 1 is 1.24 bits per heavy atom. The van der Waals surface area contributed by atoms with Crippen molar-refractivity contribution in [1.82, 2.24) is 4.90 Å². The smallest absolute Gasteiger partial charge is 0.248 e. The Balaban J connectivity index is 1.60. The lowest BCUT2D eigenvalue weighted by Gasteiger charge is -2.42. The Kier molecular flexibility index (Phi) is 4.28. The number of benzene rings is 1. The summed E-state index contributed by atoms with van der Waals surface area (Å²) in [5, 5.41) is 0. The molecule has 3 fully saturated rings. The van der Waals surface area contributed by atoms with Crippen molar-refractivity contribution in [3.05, 3.63) is 35.9 Å². The van der Waals surface area contributed by atoms with E-state index >= 15 is 0 Å². The van der Waals surface area contributed by atoms with Gasteiger partial charge in [-0.2, -0.15) is 0 Å². The average molecular weight is 342 g/mol. The molecule has 4 atom stereocenters. The molecular weight excluding hydrogens is 316 g/mol. The van der Waals surface area contributed by atoms with Crippen molar-refractivity contribution in [2.75, 3.05) is 19.7 Å². The van der Waals surface area contributed by atoms with Crippen molar-refractivity contribution in [1.29, 1.82) is 0 Å². The van der Waals surface area contributed by atoms with Crippen LogP contribution < -0.4 is 5.73 Å². The Labute approximate surface area is 148 Å². The highest BCUT2D eigenvalue weighted by Gasteiger charge is 2.56. The van der Waals surface area contributed by atoms with Crippen LogP contribution in [-0.2, 0) is 20.7 Å². The van der Waals surface area contributed by atoms with E-state index in [-0.39, 0.29) is 11.3 Å². The second kappa shape index (κ2) is 6.45. The van der Waals surface area contributed by atoms with E-state index in [0.29, 0.717) is 31.5 Å². The summed E-state index contributed by atoms with van der Waals surface area (Å²) < 4.78 is 5.43. The number of carbonyl (C=O) groups excluding carboxylic acids is 2. The van der Waals surface area contributed by atoms with Gasteiger partial charge in [-0.05, 0) is 43.1 Å². The maximum Gasteiger partial charge on any atom is 0.248 e. The predicted octanol–water partition coefficient (Wildman–Crippen LogP) is 1.75. The molecule has 1 heterocycles. The number of carbonyl (C=O) groups is 2. The van der Waals surface area contributed by atoms with Gasteiger partial charge in [0.25, 0.3) is 0 Å². The van der Waals surface area contributed by atoms with Gasteiger partial charge in [0.2, 0.25) is 11.8 Å². The van der Waals surface area contributed by atoms with E-state index in [9.17, 15) is 9.59 Å². The number of ether oxygens (including phenoxy) is 1. The van der Waals surface area contributed by atoms with E-state index in [2.05, 4.69) is 12.1 Å². The number of primary amides is 1. The second-order valence-corrected chi connectivity index (χ2v) is 7.91. The molecule has 3 aliphatic rings. The summed E-state index contributed by atoms with van der Waals surface area (Å²) in [5.41, 5.74) is 6.31. The number of nitrogens with zero attached hydrogens (tertiary/aromatic N) is 1. The van der Waals surface area contributed by atoms with Crippen molar-refractivity contribution in [2.24, 2.45) is 23.0 Å². The minimum atomic E-state index is -0.676. The zero-order valence-electron chi connectivity index (χ0n) is 14.5. The number of fused-ring (bicyclic) bond motifs is 2. The van der Waals surface area contributed by atoms with Crippen LogP contribution in [0.1, 0.15) is 31.2 Å². The van der Waals surface area contributed by atoms with Gasteiger partial charge >= 0.3 is 0 Å². The lowest BCUT2D eigenvalue weighted by Crippen LogP contribution is -2.56. The Bertz CT molecular complexity index is 662. The van der Waals surface area contributed by atoms with Gasteiger partial charge in [-0.25, -0.2) is 0 Å². The summed E-state index contributed by atoms with van der Waals surface area (Å²) in [6, 6.07) is 10.3. The molecule has 2 saturated carbocycles. The zero-order valence-corrected chi connectivity index (χ0v) is 14.5. The second-order valence-electron chi connectivity index (χ2n) is 7.91. The predicted molar refractivity (Wildman–Crippen MR) is 93.5 cm³/mol. The van der Waals surface area contributed by atoms with Crippen LogP contribution in [0.25, 0.3) is 0 Å². The molecule has 5 nitrogen and oxygen atoms in total. The topological polar surface area (TPSA) is 72.6 Å². The maximum absolute atomic E-state index is 13.6. The van der Waals surface area contributed by atoms with Crippen LogP contribution in [0.5, 0.6) is 0 Å². The average Bonchev–Trinajstić information content (AvgIpc) is 3.23. The van der Waals surface area contributed by atoms with Gasteiger partial charge in [0, 0.05) is 6.54 Å². The molecule has 4 unspecified atom stereocenters. The van der Waals surface area contributed by atoms with E-state index in [1.54, 1.807) is 0 Å². The monoisotopic (exact) mass is 342 g/mol. The largest absolute Gasteiger partial charge is 0.367 e. The van der Waals surface area contributed by atoms with Gasteiger partial charge in [-0.3, -0.25) is 9.59 Å². The number of hydrogen-bond acceptors (Lipinski definition) is 3. The zero-order chi connectivity index (χ0) is 17.4. The lowest BCUT2D eigenvalue weighted by atomic mass is 9.68. The molecule has 4 rings (SSSR count). The summed E-state index contributed by atoms with van der Waals surface area (Å²) in [4.78, 5) is 26.9. The molecule has 2 N–H and O–H groups in total. The van der Waals surface area contributed by atoms with Crippen molar-refractivity contribution in [3.63, 3.8) is 0 Å². The van der Waals surface area contributed by atoms with Crippen LogP contribution in [0.15, 0.2) is 30.3 Å². The minimum Gasteiger partial charge on any atom is -0.367 e. The Hall–Kier alpha value is -1.88. The van der Waals surface area contributed by atoms with Gasteiger partial charge in [0.15, 0.2) is 6.10 Å². The first-order valence-electron chi connectivity index (χ1n) is 9.33. The molecule has 0 aromatic heterocycles. The van der Waals surface area contributed by atoms with Crippen LogP contribution >= 0.6 is 0 Å². The molecule has 1 saturated heterocycles. The van der Waals surface area contributed by atoms with Crippen LogP contribution in [-0.4, -0.2) is 42.5 Å². The third-order valence-electron chi connectivity index (χ3n) is 6.43. The molecule has 1 aromatic rings. The molecule has 2 bridgehead atoms. The van der Waals surface area contributed by atoms with Crippen molar-refractivity contribution in [2.45, 2.75) is 38.2 Å². The summed E-state index contributed by atoms with van der Waals surface area (Å²) >= 11 is 0. The SMILES string of the molecule is NC(=O)C1CN(C(=O)C2(Cc3ccccc3)CC3CCC2C3)CCO1. The number of morpholine rings is 1. The molecule has 25 heavy (non-hydrogen) atoms. The molecule has 0 spiro atoms. The molecule has 134 valence electrons. The summed E-state index contributed by atoms with van der Waals surface area (Å²) in [6.45, 7) is 1.23. The molecular formula is C20H26N2O3. The van der Waals surface area contributed by atoms with Gasteiger partial charge < -0.3 is 15.4 Å². The molecule has 1 aliphatic heterocycles. The first-order valence-corrected chi connectivity index (χ1v) is 9.33. The van der Waals surface area contributed by atoms with E-state index in [1.165, 1.54) is 18.4 Å². The first-order chi connectivity index (χ1) is 12.1. The fourth-order valence-corrected chi connectivity index (χ4v) is 5.28. The standard InChI is InChI=1S/C20H26N2O3/c21-18(23)17-13-22(8-9-25-17)19(24)20(11-14-4-2-1-3-5-14)12-15-6-7-16(20)10-15/h1-5,15-17H,6-13H2,(H2,21,23). The van der Waals surface area contributed by atoms with Gasteiger partial charge in [-0.15, -0.1) is 0 Å². The van der Waals surface area contributed by atoms with Gasteiger partial charge in [0.1, 0.15) is 0 Å². The van der Waals surface area contributed by atoms with Crippen LogP contribution in [0.4, 0.5) is 0 Å². The third kappa shape index (κ3) is 2.95. The van der Waals surface area contributed by atoms with Gasteiger partial charge in [0.05, 0.1) is 18.6 Å². The molecule has 1 aromatic carbocycles.